The molecule has 0 unspecified atom stereocenters. The number of amides is 4. The Kier molecular flexibility index (Phi) is 9.77. The highest BCUT2D eigenvalue weighted by Crippen LogP contribution is 2.35. The molecule has 1 aromatic heterocycles. The fourth-order valence-corrected chi connectivity index (χ4v) is 6.10. The highest BCUT2D eigenvalue weighted by Gasteiger charge is 2.33. The first-order valence-electron chi connectivity index (χ1n) is 15.8. The van der Waals surface area contributed by atoms with Gasteiger partial charge in [-0.2, -0.15) is 5.10 Å². The third-order valence-electron chi connectivity index (χ3n) is 8.61. The van der Waals surface area contributed by atoms with Crippen molar-refractivity contribution in [1.29, 1.82) is 0 Å². The van der Waals surface area contributed by atoms with Crippen molar-refractivity contribution in [2.45, 2.75) is 52.2 Å². The molecule has 2 aliphatic heterocycles. The minimum Gasteiger partial charge on any atom is -0.366 e. The summed E-state index contributed by atoms with van der Waals surface area (Å²) in [5.74, 6) is -0.0881. The van der Waals surface area contributed by atoms with E-state index in [9.17, 15) is 14.4 Å². The summed E-state index contributed by atoms with van der Waals surface area (Å²) >= 11 is 0. The Labute approximate surface area is 266 Å². The molecule has 5 rings (SSSR count). The zero-order valence-electron chi connectivity index (χ0n) is 27.3. The number of carbonyl (C=O) groups excluding carboxylic acids is 3. The Morgan fingerprint density at radius 3 is 2.36 bits per heavy atom. The van der Waals surface area contributed by atoms with Crippen LogP contribution in [-0.4, -0.2) is 96.2 Å². The number of nitrogens with one attached hydrogen (secondary N) is 2. The van der Waals surface area contributed by atoms with Crippen LogP contribution in [0, 0.1) is 0 Å². The predicted octanol–water partition coefficient (Wildman–Crippen LogP) is 4.39. The first kappa shape index (κ1) is 32.0. The molecule has 0 radical (unpaired) electrons. The van der Waals surface area contributed by atoms with Gasteiger partial charge in [0.1, 0.15) is 0 Å². The summed E-state index contributed by atoms with van der Waals surface area (Å²) in [5, 5.41) is 10.9. The van der Waals surface area contributed by atoms with Crippen LogP contribution >= 0.6 is 0 Å². The van der Waals surface area contributed by atoms with Crippen LogP contribution in [0.3, 0.4) is 0 Å². The van der Waals surface area contributed by atoms with Crippen molar-refractivity contribution in [3.63, 3.8) is 0 Å². The molecule has 3 aromatic rings. The number of likely N-dealkylation sites (N-methyl/N-ethyl adjacent to an activating group) is 1. The van der Waals surface area contributed by atoms with Gasteiger partial charge in [0.15, 0.2) is 5.69 Å². The van der Waals surface area contributed by atoms with E-state index in [-0.39, 0.29) is 29.8 Å². The van der Waals surface area contributed by atoms with E-state index in [1.54, 1.807) is 19.0 Å². The molecule has 4 amide bonds. The normalized spacial score (nSPS) is 17.1. The molecule has 45 heavy (non-hydrogen) atoms. The van der Waals surface area contributed by atoms with E-state index in [2.05, 4.69) is 48.3 Å². The van der Waals surface area contributed by atoms with Gasteiger partial charge in [-0.1, -0.05) is 19.1 Å². The minimum atomic E-state index is -0.213. The van der Waals surface area contributed by atoms with Gasteiger partial charge in [0.25, 0.3) is 11.8 Å². The third kappa shape index (κ3) is 7.30. The molecule has 11 nitrogen and oxygen atoms in total. The summed E-state index contributed by atoms with van der Waals surface area (Å²) in [5.41, 5.74) is 5.78. The molecule has 0 bridgehead atoms. The summed E-state index contributed by atoms with van der Waals surface area (Å²) < 4.78 is 1.99. The molecular formula is C34H46N8O3. The number of hydrogen-bond donors (Lipinski definition) is 2. The Morgan fingerprint density at radius 2 is 1.69 bits per heavy atom. The molecule has 240 valence electrons. The van der Waals surface area contributed by atoms with E-state index >= 15 is 0 Å². The molecule has 2 aliphatic rings. The standard InChI is InChI=1S/C34H46N8O3/c1-23(2)42-31-24(3)21-41(28-14-10-26(11-15-28)33(44)38(4)5)22-29(31)30(37-42)32(43)35-20-25-8-12-27(13-9-25)36-34(45)40-17-7-16-39(6)18-19-40/h8-15,23-24H,7,16-22H2,1-6H3,(H,35,43)(H,36,45)/t24-/m0/s1. The van der Waals surface area contributed by atoms with Gasteiger partial charge in [-0.25, -0.2) is 4.79 Å². The molecule has 2 N–H and O–H groups in total. The molecule has 0 saturated carbocycles. The first-order valence-corrected chi connectivity index (χ1v) is 15.8. The van der Waals surface area contributed by atoms with E-state index < -0.39 is 0 Å². The van der Waals surface area contributed by atoms with Gasteiger partial charge < -0.3 is 30.2 Å². The average Bonchev–Trinajstić information content (AvgIpc) is 3.29. The Balaban J connectivity index is 1.26. The quantitative estimate of drug-likeness (QED) is 0.409. The smallest absolute Gasteiger partial charge is 0.321 e. The van der Waals surface area contributed by atoms with Gasteiger partial charge >= 0.3 is 6.03 Å². The van der Waals surface area contributed by atoms with Gasteiger partial charge in [0.05, 0.1) is 0 Å². The van der Waals surface area contributed by atoms with Crippen LogP contribution in [0.2, 0.25) is 0 Å². The molecule has 0 aliphatic carbocycles. The molecule has 1 saturated heterocycles. The van der Waals surface area contributed by atoms with Crippen molar-refractivity contribution >= 4 is 29.2 Å². The second-order valence-corrected chi connectivity index (χ2v) is 12.7. The molecule has 11 heteroatoms. The van der Waals surface area contributed by atoms with E-state index in [0.29, 0.717) is 30.9 Å². The summed E-state index contributed by atoms with van der Waals surface area (Å²) in [6, 6.07) is 15.3. The monoisotopic (exact) mass is 614 g/mol. The third-order valence-corrected chi connectivity index (χ3v) is 8.61. The number of hydrogen-bond acceptors (Lipinski definition) is 6. The molecule has 1 fully saturated rings. The van der Waals surface area contributed by atoms with Crippen molar-refractivity contribution in [2.24, 2.45) is 0 Å². The number of nitrogens with zero attached hydrogens (tertiary/aromatic N) is 6. The minimum absolute atomic E-state index is 0.0339. The fraction of sp³-hybridized carbons (Fsp3) is 0.471. The molecule has 3 heterocycles. The number of fused-ring (bicyclic) bond motifs is 1. The van der Waals surface area contributed by atoms with E-state index in [1.807, 2.05) is 58.1 Å². The van der Waals surface area contributed by atoms with Gasteiger partial charge in [0, 0.05) is 93.5 Å². The van der Waals surface area contributed by atoms with Crippen LogP contribution in [0.4, 0.5) is 16.2 Å². The number of urea groups is 1. The highest BCUT2D eigenvalue weighted by atomic mass is 16.2. The lowest BCUT2D eigenvalue weighted by Gasteiger charge is -2.34. The first-order chi connectivity index (χ1) is 21.5. The Bertz CT molecular complexity index is 1510. The maximum atomic E-state index is 13.6. The van der Waals surface area contributed by atoms with Crippen LogP contribution in [0.5, 0.6) is 0 Å². The van der Waals surface area contributed by atoms with E-state index in [4.69, 9.17) is 5.10 Å². The molecule has 0 spiro atoms. The predicted molar refractivity (Wildman–Crippen MR) is 177 cm³/mol. The lowest BCUT2D eigenvalue weighted by atomic mass is 9.95. The number of anilines is 2. The number of benzene rings is 2. The van der Waals surface area contributed by atoms with Gasteiger partial charge in [-0.15, -0.1) is 0 Å². The van der Waals surface area contributed by atoms with Crippen LogP contribution in [0.25, 0.3) is 0 Å². The van der Waals surface area contributed by atoms with Crippen LogP contribution in [-0.2, 0) is 13.1 Å². The van der Waals surface area contributed by atoms with Gasteiger partial charge in [-0.05, 0) is 75.8 Å². The number of aromatic nitrogens is 2. The second kappa shape index (κ2) is 13.7. The van der Waals surface area contributed by atoms with E-state index in [0.717, 1.165) is 60.8 Å². The molecular weight excluding hydrogens is 568 g/mol. The van der Waals surface area contributed by atoms with Crippen molar-refractivity contribution in [1.82, 2.24) is 29.8 Å². The highest BCUT2D eigenvalue weighted by molar-refractivity contribution is 5.95. The maximum Gasteiger partial charge on any atom is 0.321 e. The van der Waals surface area contributed by atoms with Crippen molar-refractivity contribution < 1.29 is 14.4 Å². The summed E-state index contributed by atoms with van der Waals surface area (Å²) in [6.07, 6.45) is 0.963. The fourth-order valence-electron chi connectivity index (χ4n) is 6.10. The number of carbonyl (C=O) groups is 3. The van der Waals surface area contributed by atoms with Crippen molar-refractivity contribution in [3.8, 4) is 0 Å². The summed E-state index contributed by atoms with van der Waals surface area (Å²) in [6.45, 7) is 11.3. The van der Waals surface area contributed by atoms with Crippen LogP contribution in [0.1, 0.15) is 76.8 Å². The topological polar surface area (TPSA) is 106 Å². The zero-order valence-corrected chi connectivity index (χ0v) is 27.3. The lowest BCUT2D eigenvalue weighted by molar-refractivity contribution is 0.0827. The van der Waals surface area contributed by atoms with Gasteiger partial charge in [-0.3, -0.25) is 14.3 Å². The van der Waals surface area contributed by atoms with Crippen molar-refractivity contribution in [3.05, 3.63) is 76.6 Å². The summed E-state index contributed by atoms with van der Waals surface area (Å²) in [7, 11) is 5.57. The maximum absolute atomic E-state index is 13.6. The Hall–Kier alpha value is -4.38. The molecule has 1 atom stereocenters. The van der Waals surface area contributed by atoms with Crippen LogP contribution < -0.4 is 15.5 Å². The van der Waals surface area contributed by atoms with E-state index in [1.165, 1.54) is 0 Å². The second-order valence-electron chi connectivity index (χ2n) is 12.7. The lowest BCUT2D eigenvalue weighted by Crippen LogP contribution is -2.37. The molecule has 2 aromatic carbocycles. The number of rotatable bonds is 7. The SMILES string of the molecule is CC(C)n1nc(C(=O)NCc2ccc(NC(=O)N3CCCN(C)CC3)cc2)c2c1[C@@H](C)CN(c1ccc(C(=O)N(C)C)cc1)C2. The largest absolute Gasteiger partial charge is 0.366 e. The Morgan fingerprint density at radius 1 is 0.978 bits per heavy atom. The van der Waals surface area contributed by atoms with Crippen molar-refractivity contribution in [2.75, 3.05) is 64.1 Å². The zero-order chi connectivity index (χ0) is 32.2. The van der Waals surface area contributed by atoms with Crippen LogP contribution in [0.15, 0.2) is 48.5 Å². The average molecular weight is 615 g/mol. The van der Waals surface area contributed by atoms with Gasteiger partial charge in [0.2, 0.25) is 0 Å². The summed E-state index contributed by atoms with van der Waals surface area (Å²) in [4.78, 5) is 46.6.